The molecule has 0 aliphatic carbocycles. The number of rotatable bonds is 6. The Morgan fingerprint density at radius 3 is 2.63 bits per heavy atom. The van der Waals surface area contributed by atoms with Crippen LogP contribution >= 0.6 is 0 Å². The fraction of sp³-hybridized carbons (Fsp3) is 0.450. The van der Waals surface area contributed by atoms with Gasteiger partial charge in [-0.2, -0.15) is 0 Å². The van der Waals surface area contributed by atoms with Crippen LogP contribution in [0.5, 0.6) is 0 Å². The Bertz CT molecular complexity index is 942. The second-order valence-electron chi connectivity index (χ2n) is 7.06. The zero-order valence-corrected chi connectivity index (χ0v) is 15.7. The molecule has 0 N–H and O–H groups in total. The van der Waals surface area contributed by atoms with Gasteiger partial charge in [0.05, 0.1) is 5.52 Å². The zero-order chi connectivity index (χ0) is 18.6. The average Bonchev–Trinajstić information content (AvgIpc) is 3.00. The number of hydrogen-bond donors (Lipinski definition) is 0. The van der Waals surface area contributed by atoms with E-state index < -0.39 is 0 Å². The number of nitrogens with zero attached hydrogens (tertiary/aromatic N) is 5. The van der Waals surface area contributed by atoms with Gasteiger partial charge in [0.1, 0.15) is 0 Å². The van der Waals surface area contributed by atoms with Crippen molar-refractivity contribution in [1.29, 1.82) is 0 Å². The molecule has 3 heterocycles. The van der Waals surface area contributed by atoms with Gasteiger partial charge in [-0.05, 0) is 49.6 Å². The third-order valence-corrected chi connectivity index (χ3v) is 5.25. The van der Waals surface area contributed by atoms with Crippen LogP contribution in [0.1, 0.15) is 18.4 Å². The van der Waals surface area contributed by atoms with E-state index in [1.807, 2.05) is 18.2 Å². The van der Waals surface area contributed by atoms with E-state index in [0.29, 0.717) is 5.58 Å². The molecule has 3 aromatic rings. The second kappa shape index (κ2) is 7.92. The van der Waals surface area contributed by atoms with Gasteiger partial charge in [0.2, 0.25) is 5.95 Å². The van der Waals surface area contributed by atoms with E-state index in [1.165, 1.54) is 12.0 Å². The lowest BCUT2D eigenvalue weighted by Crippen LogP contribution is -2.47. The number of aromatic nitrogens is 3. The van der Waals surface area contributed by atoms with Crippen molar-refractivity contribution in [2.24, 2.45) is 7.05 Å². The van der Waals surface area contributed by atoms with E-state index in [2.05, 4.69) is 25.8 Å². The molecule has 0 atom stereocenters. The van der Waals surface area contributed by atoms with Crippen LogP contribution in [0.2, 0.25) is 0 Å². The predicted molar refractivity (Wildman–Crippen MR) is 105 cm³/mol. The van der Waals surface area contributed by atoms with Crippen molar-refractivity contribution < 1.29 is 4.42 Å². The fourth-order valence-corrected chi connectivity index (χ4v) is 3.62. The quantitative estimate of drug-likeness (QED) is 0.622. The molecule has 2 aromatic heterocycles. The molecule has 1 aromatic carbocycles. The van der Waals surface area contributed by atoms with Crippen molar-refractivity contribution in [2.45, 2.75) is 19.3 Å². The van der Waals surface area contributed by atoms with Gasteiger partial charge in [-0.3, -0.25) is 9.47 Å². The molecule has 0 amide bonds. The summed E-state index contributed by atoms with van der Waals surface area (Å²) in [6, 6.07) is 7.91. The average molecular weight is 367 g/mol. The first-order chi connectivity index (χ1) is 13.2. The van der Waals surface area contributed by atoms with Crippen molar-refractivity contribution in [2.75, 3.05) is 37.6 Å². The van der Waals surface area contributed by atoms with Gasteiger partial charge < -0.3 is 9.32 Å². The van der Waals surface area contributed by atoms with E-state index in [9.17, 15) is 4.79 Å². The highest BCUT2D eigenvalue weighted by molar-refractivity contribution is 5.73. The Kier molecular flexibility index (Phi) is 5.20. The lowest BCUT2D eigenvalue weighted by Gasteiger charge is -2.34. The Morgan fingerprint density at radius 1 is 1.07 bits per heavy atom. The Balaban J connectivity index is 1.21. The highest BCUT2D eigenvalue weighted by Crippen LogP contribution is 2.16. The third-order valence-electron chi connectivity index (χ3n) is 5.25. The SMILES string of the molecule is Cn1c(=O)oc2cc(CCCCN3CCN(c4ncccn4)CC3)ccc21. The molecule has 0 saturated carbocycles. The number of piperazine rings is 1. The predicted octanol–water partition coefficient (Wildman–Crippen LogP) is 2.07. The minimum Gasteiger partial charge on any atom is -0.408 e. The molecule has 7 nitrogen and oxygen atoms in total. The lowest BCUT2D eigenvalue weighted by molar-refractivity contribution is 0.252. The number of anilines is 1. The van der Waals surface area contributed by atoms with Crippen LogP contribution in [0.15, 0.2) is 45.9 Å². The summed E-state index contributed by atoms with van der Waals surface area (Å²) >= 11 is 0. The Hall–Kier alpha value is -2.67. The van der Waals surface area contributed by atoms with Gasteiger partial charge in [0.25, 0.3) is 0 Å². The highest BCUT2D eigenvalue weighted by atomic mass is 16.4. The van der Waals surface area contributed by atoms with Crippen LogP contribution in [-0.4, -0.2) is 52.2 Å². The van der Waals surface area contributed by atoms with Gasteiger partial charge in [-0.25, -0.2) is 14.8 Å². The van der Waals surface area contributed by atoms with Crippen molar-refractivity contribution >= 4 is 17.0 Å². The highest BCUT2D eigenvalue weighted by Gasteiger charge is 2.18. The number of fused-ring (bicyclic) bond motifs is 1. The summed E-state index contributed by atoms with van der Waals surface area (Å²) in [6.45, 7) is 5.19. The summed E-state index contributed by atoms with van der Waals surface area (Å²) in [4.78, 5) is 25.0. The van der Waals surface area contributed by atoms with Crippen LogP contribution in [0.3, 0.4) is 0 Å². The maximum Gasteiger partial charge on any atom is 0.419 e. The molecule has 1 saturated heterocycles. The summed E-state index contributed by atoms with van der Waals surface area (Å²) in [5, 5.41) is 0. The first kappa shape index (κ1) is 17.7. The molecule has 1 fully saturated rings. The molecule has 4 rings (SSSR count). The molecule has 27 heavy (non-hydrogen) atoms. The largest absolute Gasteiger partial charge is 0.419 e. The Labute approximate surface area is 158 Å². The van der Waals surface area contributed by atoms with Crippen LogP contribution in [0.25, 0.3) is 11.1 Å². The van der Waals surface area contributed by atoms with E-state index in [4.69, 9.17) is 4.42 Å². The van der Waals surface area contributed by atoms with Crippen molar-refractivity contribution in [3.8, 4) is 0 Å². The summed E-state index contributed by atoms with van der Waals surface area (Å²) < 4.78 is 6.81. The second-order valence-corrected chi connectivity index (χ2v) is 7.06. The van der Waals surface area contributed by atoms with Crippen molar-refractivity contribution in [3.63, 3.8) is 0 Å². The molecular formula is C20H25N5O2. The molecular weight excluding hydrogens is 342 g/mol. The first-order valence-electron chi connectivity index (χ1n) is 9.53. The number of oxazole rings is 1. The standard InChI is InChI=1S/C20H25N5O2/c1-23-17-7-6-16(15-18(17)27-20(23)26)5-2-3-10-24-11-13-25(14-12-24)19-21-8-4-9-22-19/h4,6-9,15H,2-3,5,10-14H2,1H3. The normalized spacial score (nSPS) is 15.5. The molecule has 0 spiro atoms. The monoisotopic (exact) mass is 367 g/mol. The minimum absolute atomic E-state index is 0.304. The van der Waals surface area contributed by atoms with Crippen molar-refractivity contribution in [1.82, 2.24) is 19.4 Å². The summed E-state index contributed by atoms with van der Waals surface area (Å²) in [5.74, 6) is 0.530. The molecule has 7 heteroatoms. The van der Waals surface area contributed by atoms with Crippen LogP contribution in [0.4, 0.5) is 5.95 Å². The van der Waals surface area contributed by atoms with E-state index >= 15 is 0 Å². The summed E-state index contributed by atoms with van der Waals surface area (Å²) in [5.41, 5.74) is 2.76. The minimum atomic E-state index is -0.304. The van der Waals surface area contributed by atoms with E-state index in [0.717, 1.165) is 57.0 Å². The molecule has 0 unspecified atom stereocenters. The molecule has 1 aliphatic heterocycles. The third kappa shape index (κ3) is 4.03. The van der Waals surface area contributed by atoms with Crippen LogP contribution in [-0.2, 0) is 13.5 Å². The number of unbranched alkanes of at least 4 members (excludes halogenated alkanes) is 1. The van der Waals surface area contributed by atoms with Crippen molar-refractivity contribution in [3.05, 3.63) is 52.8 Å². The van der Waals surface area contributed by atoms with Crippen LogP contribution < -0.4 is 10.7 Å². The van der Waals surface area contributed by atoms with Crippen LogP contribution in [0, 0.1) is 0 Å². The van der Waals surface area contributed by atoms with Gasteiger partial charge >= 0.3 is 5.76 Å². The summed E-state index contributed by atoms with van der Waals surface area (Å²) in [6.07, 6.45) is 6.90. The number of benzene rings is 1. The lowest BCUT2D eigenvalue weighted by atomic mass is 10.1. The molecule has 142 valence electrons. The Morgan fingerprint density at radius 2 is 1.85 bits per heavy atom. The molecule has 0 bridgehead atoms. The van der Waals surface area contributed by atoms with Gasteiger partial charge in [-0.15, -0.1) is 0 Å². The van der Waals surface area contributed by atoms with Gasteiger partial charge in [0, 0.05) is 45.6 Å². The van der Waals surface area contributed by atoms with E-state index in [1.54, 1.807) is 24.0 Å². The maximum absolute atomic E-state index is 11.6. The number of aryl methyl sites for hydroxylation is 2. The van der Waals surface area contributed by atoms with Gasteiger partial charge in [0.15, 0.2) is 5.58 Å². The maximum atomic E-state index is 11.6. The fourth-order valence-electron chi connectivity index (χ4n) is 3.62. The molecule has 0 radical (unpaired) electrons. The van der Waals surface area contributed by atoms with Gasteiger partial charge in [-0.1, -0.05) is 6.07 Å². The zero-order valence-electron chi connectivity index (χ0n) is 15.7. The van der Waals surface area contributed by atoms with E-state index in [-0.39, 0.29) is 5.76 Å². The molecule has 1 aliphatic rings. The first-order valence-corrected chi connectivity index (χ1v) is 9.53. The smallest absolute Gasteiger partial charge is 0.408 e. The number of hydrogen-bond acceptors (Lipinski definition) is 6. The summed E-state index contributed by atoms with van der Waals surface area (Å²) in [7, 11) is 1.73. The topological polar surface area (TPSA) is 67.4 Å².